The first-order valence-corrected chi connectivity index (χ1v) is 7.98. The van der Waals surface area contributed by atoms with Gasteiger partial charge in [-0.05, 0) is 32.1 Å². The molecule has 4 heteroatoms. The molecule has 104 valence electrons. The lowest BCUT2D eigenvalue weighted by Gasteiger charge is -2.29. The molecule has 0 saturated heterocycles. The van der Waals surface area contributed by atoms with Gasteiger partial charge in [0.25, 0.3) is 0 Å². The molecule has 0 aliphatic rings. The number of nitrogens with one attached hydrogen (secondary N) is 1. The minimum atomic E-state index is -3.00. The highest BCUT2D eigenvalue weighted by atomic mass is 32.2. The molecule has 0 rings (SSSR count). The van der Waals surface area contributed by atoms with Gasteiger partial charge in [-0.1, -0.05) is 27.7 Å². The summed E-state index contributed by atoms with van der Waals surface area (Å²) in [5, 5.41) is 3.26. The SMILES string of the molecule is CC(C)C(C)(C)CNCCS(=O)(=O)C(C)(C)C. The van der Waals surface area contributed by atoms with E-state index in [0.29, 0.717) is 12.5 Å². The van der Waals surface area contributed by atoms with Crippen molar-refractivity contribution < 1.29 is 8.42 Å². The van der Waals surface area contributed by atoms with Crippen molar-refractivity contribution in [2.45, 2.75) is 53.2 Å². The summed E-state index contributed by atoms with van der Waals surface area (Å²) in [4.78, 5) is 0. The average molecular weight is 263 g/mol. The second kappa shape index (κ2) is 5.70. The summed E-state index contributed by atoms with van der Waals surface area (Å²) in [5.41, 5.74) is 0.200. The molecule has 1 N–H and O–H groups in total. The summed E-state index contributed by atoms with van der Waals surface area (Å²) in [7, 11) is -3.00. The molecule has 0 aromatic carbocycles. The van der Waals surface area contributed by atoms with Gasteiger partial charge in [0, 0.05) is 13.1 Å². The van der Waals surface area contributed by atoms with Gasteiger partial charge in [-0.15, -0.1) is 0 Å². The molecule has 0 atom stereocenters. The largest absolute Gasteiger partial charge is 0.315 e. The number of hydrogen-bond acceptors (Lipinski definition) is 3. The van der Waals surface area contributed by atoms with E-state index in [-0.39, 0.29) is 11.2 Å². The first-order chi connectivity index (χ1) is 7.40. The molecular weight excluding hydrogens is 234 g/mol. The first kappa shape index (κ1) is 16.9. The molecular formula is C13H29NO2S. The number of hydrogen-bond donors (Lipinski definition) is 1. The highest BCUT2D eigenvalue weighted by molar-refractivity contribution is 7.92. The van der Waals surface area contributed by atoms with Crippen molar-refractivity contribution in [1.29, 1.82) is 0 Å². The van der Waals surface area contributed by atoms with Crippen molar-refractivity contribution >= 4 is 9.84 Å². The molecule has 0 radical (unpaired) electrons. The van der Waals surface area contributed by atoms with Crippen molar-refractivity contribution in [2.24, 2.45) is 11.3 Å². The Bertz CT molecular complexity index is 324. The van der Waals surface area contributed by atoms with Gasteiger partial charge in [-0.3, -0.25) is 0 Å². The number of sulfone groups is 1. The summed E-state index contributed by atoms with van der Waals surface area (Å²) < 4.78 is 23.1. The lowest BCUT2D eigenvalue weighted by atomic mass is 9.81. The van der Waals surface area contributed by atoms with Gasteiger partial charge in [-0.25, -0.2) is 8.42 Å². The van der Waals surface area contributed by atoms with Crippen LogP contribution in [0.3, 0.4) is 0 Å². The zero-order chi connectivity index (χ0) is 13.9. The maximum absolute atomic E-state index is 11.9. The minimum absolute atomic E-state index is 0.200. The predicted molar refractivity (Wildman–Crippen MR) is 75.0 cm³/mol. The molecule has 0 aliphatic carbocycles. The molecule has 0 fully saturated rings. The van der Waals surface area contributed by atoms with E-state index in [1.807, 2.05) is 0 Å². The van der Waals surface area contributed by atoms with E-state index in [2.05, 4.69) is 33.0 Å². The van der Waals surface area contributed by atoms with Gasteiger partial charge >= 0.3 is 0 Å². The summed E-state index contributed by atoms with van der Waals surface area (Å²) in [6, 6.07) is 0. The van der Waals surface area contributed by atoms with Gasteiger partial charge in [-0.2, -0.15) is 0 Å². The highest BCUT2D eigenvalue weighted by Crippen LogP contribution is 2.24. The van der Waals surface area contributed by atoms with Crippen molar-refractivity contribution in [3.05, 3.63) is 0 Å². The van der Waals surface area contributed by atoms with Gasteiger partial charge in [0.1, 0.15) is 0 Å². The summed E-state index contributed by atoms with van der Waals surface area (Å²) >= 11 is 0. The van der Waals surface area contributed by atoms with Crippen molar-refractivity contribution in [1.82, 2.24) is 5.32 Å². The predicted octanol–water partition coefficient (Wildman–Crippen LogP) is 2.47. The van der Waals surface area contributed by atoms with E-state index in [1.165, 1.54) is 0 Å². The van der Waals surface area contributed by atoms with Gasteiger partial charge in [0.15, 0.2) is 9.84 Å². The Morgan fingerprint density at radius 3 is 1.88 bits per heavy atom. The fourth-order valence-electron chi connectivity index (χ4n) is 1.13. The van der Waals surface area contributed by atoms with E-state index in [9.17, 15) is 8.42 Å². The Hall–Kier alpha value is -0.0900. The fraction of sp³-hybridized carbons (Fsp3) is 1.00. The van der Waals surface area contributed by atoms with Crippen LogP contribution in [0.25, 0.3) is 0 Å². The maximum atomic E-state index is 11.9. The molecule has 0 aliphatic heterocycles. The van der Waals surface area contributed by atoms with Crippen LogP contribution in [-0.2, 0) is 9.84 Å². The average Bonchev–Trinajstić information content (AvgIpc) is 2.10. The lowest BCUT2D eigenvalue weighted by molar-refractivity contribution is 0.240. The highest BCUT2D eigenvalue weighted by Gasteiger charge is 2.28. The first-order valence-electron chi connectivity index (χ1n) is 6.33. The number of rotatable bonds is 6. The van der Waals surface area contributed by atoms with Gasteiger partial charge in [0.05, 0.1) is 10.5 Å². The summed E-state index contributed by atoms with van der Waals surface area (Å²) in [5.74, 6) is 0.791. The van der Waals surface area contributed by atoms with Crippen LogP contribution in [-0.4, -0.2) is 32.0 Å². The van der Waals surface area contributed by atoms with Crippen molar-refractivity contribution in [3.8, 4) is 0 Å². The van der Waals surface area contributed by atoms with Crippen LogP contribution >= 0.6 is 0 Å². The molecule has 0 aromatic rings. The molecule has 0 bridgehead atoms. The Kier molecular flexibility index (Phi) is 5.67. The van der Waals surface area contributed by atoms with Crippen molar-refractivity contribution in [3.63, 3.8) is 0 Å². The fourth-order valence-corrected chi connectivity index (χ4v) is 2.15. The third kappa shape index (κ3) is 5.38. The monoisotopic (exact) mass is 263 g/mol. The quantitative estimate of drug-likeness (QED) is 0.749. The molecule has 0 heterocycles. The maximum Gasteiger partial charge on any atom is 0.156 e. The van der Waals surface area contributed by atoms with E-state index < -0.39 is 14.6 Å². The third-order valence-electron chi connectivity index (χ3n) is 3.62. The molecule has 0 saturated carbocycles. The smallest absolute Gasteiger partial charge is 0.156 e. The molecule has 17 heavy (non-hydrogen) atoms. The Morgan fingerprint density at radius 2 is 1.53 bits per heavy atom. The Balaban J connectivity index is 4.12. The minimum Gasteiger partial charge on any atom is -0.315 e. The van der Waals surface area contributed by atoms with Crippen LogP contribution in [0.1, 0.15) is 48.5 Å². The summed E-state index contributed by atoms with van der Waals surface area (Å²) in [6.07, 6.45) is 0. The van der Waals surface area contributed by atoms with Crippen molar-refractivity contribution in [2.75, 3.05) is 18.8 Å². The van der Waals surface area contributed by atoms with Crippen LogP contribution in [0.5, 0.6) is 0 Å². The van der Waals surface area contributed by atoms with Gasteiger partial charge in [0.2, 0.25) is 0 Å². The van der Waals surface area contributed by atoms with Crippen LogP contribution in [0.15, 0.2) is 0 Å². The second-order valence-corrected chi connectivity index (χ2v) is 9.61. The Morgan fingerprint density at radius 1 is 1.06 bits per heavy atom. The zero-order valence-corrected chi connectivity index (χ0v) is 13.2. The lowest BCUT2D eigenvalue weighted by Crippen LogP contribution is -2.38. The van der Waals surface area contributed by atoms with Crippen LogP contribution in [0.4, 0.5) is 0 Å². The molecule has 0 amide bonds. The Labute approximate surface area is 107 Å². The van der Waals surface area contributed by atoms with Crippen LogP contribution in [0.2, 0.25) is 0 Å². The molecule has 0 unspecified atom stereocenters. The topological polar surface area (TPSA) is 46.2 Å². The molecule has 0 aromatic heterocycles. The van der Waals surface area contributed by atoms with Gasteiger partial charge < -0.3 is 5.32 Å². The van der Waals surface area contributed by atoms with E-state index in [4.69, 9.17) is 0 Å². The molecule has 0 spiro atoms. The normalized spacial score (nSPS) is 14.4. The second-order valence-electron chi connectivity index (χ2n) is 6.75. The van der Waals surface area contributed by atoms with Crippen LogP contribution in [0, 0.1) is 11.3 Å². The molecule has 3 nitrogen and oxygen atoms in total. The standard InChI is InChI=1S/C13H29NO2S/c1-11(2)13(6,7)10-14-8-9-17(15,16)12(3,4)5/h11,14H,8-10H2,1-7H3. The zero-order valence-electron chi connectivity index (χ0n) is 12.4. The van der Waals surface area contributed by atoms with E-state index in [0.717, 1.165) is 6.54 Å². The van der Waals surface area contributed by atoms with E-state index in [1.54, 1.807) is 20.8 Å². The summed E-state index contributed by atoms with van der Waals surface area (Å²) in [6.45, 7) is 15.4. The third-order valence-corrected chi connectivity index (χ3v) is 6.23. The van der Waals surface area contributed by atoms with E-state index >= 15 is 0 Å². The van der Waals surface area contributed by atoms with Crippen LogP contribution < -0.4 is 5.32 Å².